The molecule has 1 aliphatic heterocycles. The first-order valence-electron chi connectivity index (χ1n) is 7.30. The minimum absolute atomic E-state index is 0.627. The van der Waals surface area contributed by atoms with Crippen LogP contribution in [0.2, 0.25) is 0 Å². The van der Waals surface area contributed by atoms with E-state index in [9.17, 15) is 0 Å². The predicted molar refractivity (Wildman–Crippen MR) is 82.9 cm³/mol. The fraction of sp³-hybridized carbons (Fsp3) is 0.786. The molecule has 2 heterocycles. The van der Waals surface area contributed by atoms with E-state index in [1.165, 1.54) is 30.9 Å². The molecule has 1 aromatic rings. The molecule has 0 saturated carbocycles. The van der Waals surface area contributed by atoms with Crippen molar-refractivity contribution in [3.05, 3.63) is 11.1 Å². The molecule has 4 nitrogen and oxygen atoms in total. The Morgan fingerprint density at radius 3 is 3.11 bits per heavy atom. The summed E-state index contributed by atoms with van der Waals surface area (Å²) in [5.74, 6) is 0. The van der Waals surface area contributed by atoms with Gasteiger partial charge in [-0.05, 0) is 33.4 Å². The van der Waals surface area contributed by atoms with Crippen LogP contribution in [0.15, 0.2) is 6.20 Å². The Bertz CT molecular complexity index is 379. The third-order valence-electron chi connectivity index (χ3n) is 3.62. The van der Waals surface area contributed by atoms with E-state index in [2.05, 4.69) is 41.0 Å². The molecule has 0 aliphatic carbocycles. The van der Waals surface area contributed by atoms with Crippen LogP contribution in [0.3, 0.4) is 0 Å². The number of thiazole rings is 1. The van der Waals surface area contributed by atoms with Crippen molar-refractivity contribution in [2.45, 2.75) is 39.3 Å². The van der Waals surface area contributed by atoms with Crippen LogP contribution in [0, 0.1) is 0 Å². The van der Waals surface area contributed by atoms with Crippen LogP contribution >= 0.6 is 11.3 Å². The molecule has 0 bridgehead atoms. The van der Waals surface area contributed by atoms with Crippen LogP contribution in [-0.4, -0.2) is 54.1 Å². The number of anilines is 1. The quantitative estimate of drug-likeness (QED) is 0.899. The molecule has 1 saturated heterocycles. The van der Waals surface area contributed by atoms with Gasteiger partial charge >= 0.3 is 0 Å². The lowest BCUT2D eigenvalue weighted by atomic mass is 10.2. The largest absolute Gasteiger partial charge is 0.362 e. The number of rotatable bonds is 5. The topological polar surface area (TPSA) is 31.4 Å². The molecule has 1 fully saturated rings. The first-order chi connectivity index (χ1) is 9.19. The summed E-state index contributed by atoms with van der Waals surface area (Å²) < 4.78 is 0. The Morgan fingerprint density at radius 1 is 1.47 bits per heavy atom. The van der Waals surface area contributed by atoms with Crippen LogP contribution in [0.25, 0.3) is 0 Å². The summed E-state index contributed by atoms with van der Waals surface area (Å²) in [6, 6.07) is 0.627. The van der Waals surface area contributed by atoms with E-state index in [-0.39, 0.29) is 0 Å². The standard InChI is InChI=1S/C14H26N4S/c1-4-6-15-14-16-9-13(19-14)11-18-8-5-7-17(3)10-12(18)2/h9,12H,4-8,10-11H2,1-3H3,(H,15,16). The van der Waals surface area contributed by atoms with Crippen molar-refractivity contribution in [3.8, 4) is 0 Å². The number of likely N-dealkylation sites (N-methyl/N-ethyl adjacent to an activating group) is 1. The summed E-state index contributed by atoms with van der Waals surface area (Å²) in [5, 5.41) is 4.43. The van der Waals surface area contributed by atoms with Crippen LogP contribution in [0.4, 0.5) is 5.13 Å². The molecule has 1 N–H and O–H groups in total. The van der Waals surface area contributed by atoms with E-state index < -0.39 is 0 Å². The number of nitrogens with zero attached hydrogens (tertiary/aromatic N) is 3. The summed E-state index contributed by atoms with van der Waals surface area (Å²) in [7, 11) is 2.22. The van der Waals surface area contributed by atoms with E-state index in [1.807, 2.05) is 6.20 Å². The van der Waals surface area contributed by atoms with Gasteiger partial charge in [-0.2, -0.15) is 0 Å². The lowest BCUT2D eigenvalue weighted by Crippen LogP contribution is -2.37. The normalized spacial score (nSPS) is 22.4. The highest BCUT2D eigenvalue weighted by Gasteiger charge is 2.20. The molecule has 2 rings (SSSR count). The SMILES string of the molecule is CCCNc1ncc(CN2CCCN(C)CC2C)s1. The highest BCUT2D eigenvalue weighted by atomic mass is 32.1. The van der Waals surface area contributed by atoms with Crippen LogP contribution in [0.1, 0.15) is 31.6 Å². The van der Waals surface area contributed by atoms with Crippen LogP contribution < -0.4 is 5.32 Å². The van der Waals surface area contributed by atoms with Gasteiger partial charge < -0.3 is 10.2 Å². The smallest absolute Gasteiger partial charge is 0.182 e. The Hall–Kier alpha value is -0.650. The summed E-state index contributed by atoms with van der Waals surface area (Å²) >= 11 is 1.80. The average Bonchev–Trinajstić information content (AvgIpc) is 2.76. The van der Waals surface area contributed by atoms with Gasteiger partial charge in [0.15, 0.2) is 5.13 Å². The Balaban J connectivity index is 1.90. The first-order valence-corrected chi connectivity index (χ1v) is 8.12. The lowest BCUT2D eigenvalue weighted by molar-refractivity contribution is 0.196. The van der Waals surface area contributed by atoms with Crippen LogP contribution in [-0.2, 0) is 6.54 Å². The summed E-state index contributed by atoms with van der Waals surface area (Å²) in [5.41, 5.74) is 0. The van der Waals surface area contributed by atoms with Gasteiger partial charge in [-0.1, -0.05) is 6.92 Å². The molecule has 0 amide bonds. The van der Waals surface area contributed by atoms with Gasteiger partial charge in [0.05, 0.1) is 0 Å². The van der Waals surface area contributed by atoms with Crippen molar-refractivity contribution >= 4 is 16.5 Å². The zero-order chi connectivity index (χ0) is 13.7. The van der Waals surface area contributed by atoms with Gasteiger partial charge in [0.2, 0.25) is 0 Å². The fourth-order valence-corrected chi connectivity index (χ4v) is 3.42. The maximum absolute atomic E-state index is 4.45. The van der Waals surface area contributed by atoms with Crippen molar-refractivity contribution in [2.75, 3.05) is 38.5 Å². The second-order valence-corrected chi connectivity index (χ2v) is 6.61. The molecular weight excluding hydrogens is 256 g/mol. The zero-order valence-corrected chi connectivity index (χ0v) is 13.2. The van der Waals surface area contributed by atoms with Gasteiger partial charge in [-0.15, -0.1) is 11.3 Å². The van der Waals surface area contributed by atoms with Crippen molar-refractivity contribution in [1.29, 1.82) is 0 Å². The average molecular weight is 282 g/mol. The van der Waals surface area contributed by atoms with Gasteiger partial charge in [-0.25, -0.2) is 4.98 Å². The van der Waals surface area contributed by atoms with Gasteiger partial charge in [0.1, 0.15) is 0 Å². The Morgan fingerprint density at radius 2 is 2.32 bits per heavy atom. The molecule has 1 aliphatic rings. The lowest BCUT2D eigenvalue weighted by Gasteiger charge is -2.27. The highest BCUT2D eigenvalue weighted by molar-refractivity contribution is 7.15. The Labute approximate surface area is 120 Å². The van der Waals surface area contributed by atoms with Crippen LogP contribution in [0.5, 0.6) is 0 Å². The zero-order valence-electron chi connectivity index (χ0n) is 12.4. The van der Waals surface area contributed by atoms with Crippen molar-refractivity contribution in [3.63, 3.8) is 0 Å². The fourth-order valence-electron chi connectivity index (χ4n) is 2.55. The monoisotopic (exact) mass is 282 g/mol. The molecule has 1 aromatic heterocycles. The third kappa shape index (κ3) is 4.44. The molecule has 19 heavy (non-hydrogen) atoms. The number of hydrogen-bond donors (Lipinski definition) is 1. The van der Waals surface area contributed by atoms with E-state index in [0.29, 0.717) is 6.04 Å². The molecule has 1 unspecified atom stereocenters. The molecule has 0 radical (unpaired) electrons. The number of hydrogen-bond acceptors (Lipinski definition) is 5. The Kier molecular flexibility index (Phi) is 5.60. The molecule has 0 aromatic carbocycles. The van der Waals surface area contributed by atoms with E-state index in [1.54, 1.807) is 11.3 Å². The minimum Gasteiger partial charge on any atom is -0.362 e. The second kappa shape index (κ2) is 7.22. The summed E-state index contributed by atoms with van der Waals surface area (Å²) in [6.07, 6.45) is 4.44. The van der Waals surface area contributed by atoms with Crippen molar-refractivity contribution < 1.29 is 0 Å². The van der Waals surface area contributed by atoms with E-state index in [4.69, 9.17) is 0 Å². The highest BCUT2D eigenvalue weighted by Crippen LogP contribution is 2.21. The molecule has 0 spiro atoms. The number of aromatic nitrogens is 1. The third-order valence-corrected chi connectivity index (χ3v) is 4.56. The summed E-state index contributed by atoms with van der Waals surface area (Å²) in [4.78, 5) is 10.8. The molecular formula is C14H26N4S. The van der Waals surface area contributed by atoms with Gasteiger partial charge in [-0.3, -0.25) is 4.90 Å². The molecule has 1 atom stereocenters. The van der Waals surface area contributed by atoms with E-state index >= 15 is 0 Å². The first kappa shape index (κ1) is 14.8. The molecule has 108 valence electrons. The van der Waals surface area contributed by atoms with E-state index in [0.717, 1.165) is 24.6 Å². The molecule has 5 heteroatoms. The second-order valence-electron chi connectivity index (χ2n) is 5.49. The predicted octanol–water partition coefficient (Wildman–Crippen LogP) is 2.49. The number of nitrogens with one attached hydrogen (secondary N) is 1. The van der Waals surface area contributed by atoms with Crippen molar-refractivity contribution in [1.82, 2.24) is 14.8 Å². The summed E-state index contributed by atoms with van der Waals surface area (Å²) in [6.45, 7) is 10.1. The van der Waals surface area contributed by atoms with Gasteiger partial charge in [0, 0.05) is 43.3 Å². The van der Waals surface area contributed by atoms with Gasteiger partial charge in [0.25, 0.3) is 0 Å². The van der Waals surface area contributed by atoms with Crippen molar-refractivity contribution in [2.24, 2.45) is 0 Å². The maximum Gasteiger partial charge on any atom is 0.182 e. The minimum atomic E-state index is 0.627. The maximum atomic E-state index is 4.45.